The van der Waals surface area contributed by atoms with Gasteiger partial charge in [-0.05, 0) is 38.2 Å². The van der Waals surface area contributed by atoms with Gasteiger partial charge in [0.25, 0.3) is 0 Å². The summed E-state index contributed by atoms with van der Waals surface area (Å²) in [5, 5.41) is 17.4. The summed E-state index contributed by atoms with van der Waals surface area (Å²) in [4.78, 5) is 14.8. The maximum Gasteiger partial charge on any atom is 0.303 e. The van der Waals surface area contributed by atoms with Gasteiger partial charge in [0.2, 0.25) is 0 Å². The first-order valence-corrected chi connectivity index (χ1v) is 8.58. The molecule has 2 N–H and O–H groups in total. The van der Waals surface area contributed by atoms with Crippen LogP contribution in [0.1, 0.15) is 84.0 Å². The van der Waals surface area contributed by atoms with Crippen LogP contribution < -0.4 is 0 Å². The molecule has 4 nitrogen and oxygen atoms in total. The minimum Gasteiger partial charge on any atom is -0.481 e. The van der Waals surface area contributed by atoms with Crippen molar-refractivity contribution in [1.29, 1.82) is 0 Å². The predicted octanol–water partition coefficient (Wildman–Crippen LogP) is 5.70. The van der Waals surface area contributed by atoms with Crippen molar-refractivity contribution in [3.63, 3.8) is 0 Å². The van der Waals surface area contributed by atoms with Crippen LogP contribution in [0.3, 0.4) is 0 Å². The second kappa shape index (κ2) is 16.1. The molecule has 4 heteroatoms. The van der Waals surface area contributed by atoms with Crippen molar-refractivity contribution in [2.24, 2.45) is 0 Å². The summed E-state index contributed by atoms with van der Waals surface area (Å²) in [7, 11) is 0. The number of rotatable bonds is 15. The highest BCUT2D eigenvalue weighted by atomic mass is 17.1. The average Bonchev–Trinajstić information content (AvgIpc) is 2.50. The van der Waals surface area contributed by atoms with Crippen molar-refractivity contribution in [2.75, 3.05) is 0 Å². The second-order valence-electron chi connectivity index (χ2n) is 5.63. The molecule has 0 aromatic heterocycles. The zero-order chi connectivity index (χ0) is 16.5. The number of carboxylic acids is 1. The summed E-state index contributed by atoms with van der Waals surface area (Å²) in [6.07, 6.45) is 17.6. The maximum absolute atomic E-state index is 10.4. The van der Waals surface area contributed by atoms with Gasteiger partial charge in [-0.2, -0.15) is 0 Å². The quantitative estimate of drug-likeness (QED) is 0.134. The number of aliphatic carboxylic acids is 1. The zero-order valence-electron chi connectivity index (χ0n) is 13.9. The van der Waals surface area contributed by atoms with Crippen molar-refractivity contribution in [1.82, 2.24) is 0 Å². The molecule has 0 saturated carbocycles. The van der Waals surface area contributed by atoms with Crippen molar-refractivity contribution >= 4 is 5.97 Å². The summed E-state index contributed by atoms with van der Waals surface area (Å²) >= 11 is 0. The van der Waals surface area contributed by atoms with E-state index in [0.717, 1.165) is 51.4 Å². The van der Waals surface area contributed by atoms with Crippen molar-refractivity contribution < 1.29 is 20.0 Å². The topological polar surface area (TPSA) is 66.8 Å². The molecule has 22 heavy (non-hydrogen) atoms. The van der Waals surface area contributed by atoms with Gasteiger partial charge in [0, 0.05) is 12.8 Å². The van der Waals surface area contributed by atoms with E-state index in [-0.39, 0.29) is 6.42 Å². The number of hydrogen-bond donors (Lipinski definition) is 2. The molecule has 0 rings (SSSR count). The van der Waals surface area contributed by atoms with Crippen LogP contribution in [0.2, 0.25) is 0 Å². The Morgan fingerprint density at radius 1 is 0.955 bits per heavy atom. The lowest BCUT2D eigenvalue weighted by atomic mass is 10.1. The predicted molar refractivity (Wildman–Crippen MR) is 89.7 cm³/mol. The van der Waals surface area contributed by atoms with Crippen molar-refractivity contribution in [3.05, 3.63) is 24.0 Å². The molecule has 0 saturated heterocycles. The minimum atomic E-state index is -0.721. The summed E-state index contributed by atoms with van der Waals surface area (Å²) in [5.41, 5.74) is 0. The molecule has 0 aromatic carbocycles. The number of allylic oxidation sites excluding steroid dienone is 4. The van der Waals surface area contributed by atoms with Crippen LogP contribution in [-0.2, 0) is 9.68 Å². The van der Waals surface area contributed by atoms with Gasteiger partial charge < -0.3 is 9.99 Å². The molecule has 0 atom stereocenters. The fourth-order valence-corrected chi connectivity index (χ4v) is 2.22. The van der Waals surface area contributed by atoms with Gasteiger partial charge in [-0.3, -0.25) is 4.79 Å². The Morgan fingerprint density at radius 3 is 2.27 bits per heavy atom. The van der Waals surface area contributed by atoms with E-state index in [9.17, 15) is 4.79 Å². The molecule has 0 radical (unpaired) electrons. The largest absolute Gasteiger partial charge is 0.481 e. The average molecular weight is 312 g/mol. The third-order valence-electron chi connectivity index (χ3n) is 3.55. The molecular weight excluding hydrogens is 280 g/mol. The van der Waals surface area contributed by atoms with E-state index in [0.29, 0.717) is 5.76 Å². The molecule has 0 fully saturated rings. The monoisotopic (exact) mass is 312 g/mol. The Labute approximate surface area is 134 Å². The molecule has 128 valence electrons. The van der Waals surface area contributed by atoms with Gasteiger partial charge in [0.1, 0.15) is 5.76 Å². The SMILES string of the molecule is CCCCC/C=C\C/C=C(/CCCCCCCC(=O)O)OO. The smallest absolute Gasteiger partial charge is 0.303 e. The second-order valence-corrected chi connectivity index (χ2v) is 5.63. The summed E-state index contributed by atoms with van der Waals surface area (Å²) in [6, 6.07) is 0. The van der Waals surface area contributed by atoms with Gasteiger partial charge >= 0.3 is 5.97 Å². The van der Waals surface area contributed by atoms with Crippen LogP contribution in [-0.4, -0.2) is 16.3 Å². The van der Waals surface area contributed by atoms with Gasteiger partial charge in [-0.1, -0.05) is 51.2 Å². The molecule has 0 unspecified atom stereocenters. The zero-order valence-corrected chi connectivity index (χ0v) is 13.9. The molecule has 0 bridgehead atoms. The van der Waals surface area contributed by atoms with Crippen molar-refractivity contribution in [3.8, 4) is 0 Å². The third kappa shape index (κ3) is 15.1. The van der Waals surface area contributed by atoms with Crippen LogP contribution in [0.4, 0.5) is 0 Å². The summed E-state index contributed by atoms with van der Waals surface area (Å²) in [6.45, 7) is 2.20. The maximum atomic E-state index is 10.4. The molecule has 0 heterocycles. The highest BCUT2D eigenvalue weighted by molar-refractivity contribution is 5.66. The Balaban J connectivity index is 3.60. The summed E-state index contributed by atoms with van der Waals surface area (Å²) in [5.74, 6) is -0.0922. The minimum absolute atomic E-state index is 0.259. The normalized spacial score (nSPS) is 12.0. The van der Waals surface area contributed by atoms with E-state index < -0.39 is 5.97 Å². The van der Waals surface area contributed by atoms with E-state index in [1.807, 2.05) is 6.08 Å². The molecule has 0 amide bonds. The van der Waals surface area contributed by atoms with Crippen LogP contribution in [0, 0.1) is 0 Å². The molecule has 0 aliphatic rings. The lowest BCUT2D eigenvalue weighted by Crippen LogP contribution is -1.93. The van der Waals surface area contributed by atoms with E-state index in [2.05, 4.69) is 24.0 Å². The molecular formula is C18H32O4. The van der Waals surface area contributed by atoms with Crippen molar-refractivity contribution in [2.45, 2.75) is 84.0 Å². The summed E-state index contributed by atoms with van der Waals surface area (Å²) < 4.78 is 0. The Morgan fingerprint density at radius 2 is 1.64 bits per heavy atom. The van der Waals surface area contributed by atoms with Gasteiger partial charge in [0.05, 0.1) is 0 Å². The molecule has 0 aromatic rings. The Bertz CT molecular complexity index is 321. The Hall–Kier alpha value is -1.29. The van der Waals surface area contributed by atoms with Gasteiger partial charge in [0.15, 0.2) is 0 Å². The van der Waals surface area contributed by atoms with Crippen LogP contribution in [0.15, 0.2) is 24.0 Å². The third-order valence-corrected chi connectivity index (χ3v) is 3.55. The standard InChI is InChI=1S/C18H32O4/c1-2-3-4-5-6-8-11-14-17(22-21)15-12-9-7-10-13-16-18(19)20/h6,8,14,21H,2-5,7,9-13,15-16H2,1H3,(H,19,20)/b8-6-,17-14-. The Kier molecular flexibility index (Phi) is 15.1. The first-order chi connectivity index (χ1) is 10.7. The van der Waals surface area contributed by atoms with E-state index in [4.69, 9.17) is 10.4 Å². The fourth-order valence-electron chi connectivity index (χ4n) is 2.22. The highest BCUT2D eigenvalue weighted by Gasteiger charge is 1.99. The number of carbonyl (C=O) groups is 1. The number of unbranched alkanes of at least 4 members (excludes halogenated alkanes) is 7. The molecule has 0 aliphatic heterocycles. The molecule has 0 spiro atoms. The van der Waals surface area contributed by atoms with E-state index in [1.54, 1.807) is 0 Å². The lowest BCUT2D eigenvalue weighted by Gasteiger charge is -2.03. The first-order valence-electron chi connectivity index (χ1n) is 8.58. The van der Waals surface area contributed by atoms with Crippen LogP contribution in [0.25, 0.3) is 0 Å². The molecule has 0 aliphatic carbocycles. The fraction of sp³-hybridized carbons (Fsp3) is 0.722. The van der Waals surface area contributed by atoms with Crippen LogP contribution >= 0.6 is 0 Å². The van der Waals surface area contributed by atoms with Gasteiger partial charge in [-0.25, -0.2) is 5.26 Å². The van der Waals surface area contributed by atoms with Crippen LogP contribution in [0.5, 0.6) is 0 Å². The highest BCUT2D eigenvalue weighted by Crippen LogP contribution is 2.13. The number of carboxylic acid groups (broad SMARTS) is 1. The van der Waals surface area contributed by atoms with E-state index in [1.165, 1.54) is 19.3 Å². The number of hydrogen-bond acceptors (Lipinski definition) is 3. The van der Waals surface area contributed by atoms with Gasteiger partial charge in [-0.15, -0.1) is 0 Å². The lowest BCUT2D eigenvalue weighted by molar-refractivity contribution is -0.206. The van der Waals surface area contributed by atoms with E-state index >= 15 is 0 Å². The first kappa shape index (κ1) is 20.7.